The number of fused-ring (bicyclic) bond motifs is 5. The summed E-state index contributed by atoms with van der Waals surface area (Å²) in [4.78, 5) is 15.1. The summed E-state index contributed by atoms with van der Waals surface area (Å²) < 4.78 is 0. The number of aromatic nitrogens is 2. The Kier molecular flexibility index (Phi) is 4.40. The minimum absolute atomic E-state index is 0.0606. The van der Waals surface area contributed by atoms with Gasteiger partial charge in [-0.25, -0.2) is 9.97 Å². The fraction of sp³-hybridized carbons (Fsp3) is 0.407. The van der Waals surface area contributed by atoms with Crippen LogP contribution < -0.4 is 9.80 Å². The molecule has 0 saturated carbocycles. The van der Waals surface area contributed by atoms with Gasteiger partial charge in [0.2, 0.25) is 0 Å². The fourth-order valence-corrected chi connectivity index (χ4v) is 5.25. The Morgan fingerprint density at radius 1 is 0.935 bits per heavy atom. The van der Waals surface area contributed by atoms with Crippen molar-refractivity contribution in [3.63, 3.8) is 0 Å². The zero-order chi connectivity index (χ0) is 22.0. The van der Waals surface area contributed by atoms with Crippen LogP contribution >= 0.6 is 0 Å². The van der Waals surface area contributed by atoms with Crippen LogP contribution in [-0.4, -0.2) is 16.1 Å². The molecule has 2 aliphatic rings. The molecule has 4 heteroatoms. The third kappa shape index (κ3) is 2.80. The van der Waals surface area contributed by atoms with E-state index in [1.807, 2.05) is 6.20 Å². The Labute approximate surface area is 186 Å². The maximum absolute atomic E-state index is 5.21. The molecule has 4 nitrogen and oxygen atoms in total. The van der Waals surface area contributed by atoms with Crippen LogP contribution in [0.2, 0.25) is 0 Å². The first kappa shape index (κ1) is 20.0. The van der Waals surface area contributed by atoms with Crippen molar-refractivity contribution in [2.24, 2.45) is 5.92 Å². The maximum Gasteiger partial charge on any atom is 0.178 e. The van der Waals surface area contributed by atoms with Crippen LogP contribution in [0.3, 0.4) is 0 Å². The van der Waals surface area contributed by atoms with Gasteiger partial charge in [0.05, 0.1) is 11.9 Å². The molecule has 0 fully saturated rings. The Bertz CT molecular complexity index is 1120. The molecule has 0 aliphatic carbocycles. The molecule has 160 valence electrons. The largest absolute Gasteiger partial charge is 0.302 e. The summed E-state index contributed by atoms with van der Waals surface area (Å²) in [7, 11) is 0. The smallest absolute Gasteiger partial charge is 0.178 e. The van der Waals surface area contributed by atoms with Crippen molar-refractivity contribution in [2.45, 2.75) is 65.0 Å². The lowest BCUT2D eigenvalue weighted by Crippen LogP contribution is -2.54. The normalized spacial score (nSPS) is 24.6. The van der Waals surface area contributed by atoms with Crippen molar-refractivity contribution < 1.29 is 0 Å². The van der Waals surface area contributed by atoms with Gasteiger partial charge in [-0.3, -0.25) is 0 Å². The van der Waals surface area contributed by atoms with E-state index in [9.17, 15) is 0 Å². The minimum atomic E-state index is -0.0606. The summed E-state index contributed by atoms with van der Waals surface area (Å²) in [6.07, 6.45) is 3.18. The number of nitrogens with zero attached hydrogens (tertiary/aromatic N) is 4. The molecule has 3 atom stereocenters. The number of hydrogen-bond donors (Lipinski definition) is 0. The zero-order valence-corrected chi connectivity index (χ0v) is 19.4. The molecule has 31 heavy (non-hydrogen) atoms. The van der Waals surface area contributed by atoms with Gasteiger partial charge in [-0.2, -0.15) is 0 Å². The Morgan fingerprint density at radius 2 is 1.61 bits per heavy atom. The van der Waals surface area contributed by atoms with E-state index in [0.29, 0.717) is 5.92 Å². The lowest BCUT2D eigenvalue weighted by molar-refractivity contribution is 0.249. The van der Waals surface area contributed by atoms with Crippen molar-refractivity contribution in [3.05, 3.63) is 72.1 Å². The molecule has 0 N–H and O–H groups in total. The summed E-state index contributed by atoms with van der Waals surface area (Å²) in [5.74, 6) is 2.30. The molecule has 0 bridgehead atoms. The average Bonchev–Trinajstić information content (AvgIpc) is 3.12. The maximum atomic E-state index is 5.21. The van der Waals surface area contributed by atoms with E-state index in [4.69, 9.17) is 9.97 Å². The van der Waals surface area contributed by atoms with Crippen LogP contribution in [-0.2, 0) is 10.8 Å². The second-order valence-corrected chi connectivity index (χ2v) is 10.2. The second kappa shape index (κ2) is 6.81. The highest BCUT2D eigenvalue weighted by Crippen LogP contribution is 2.57. The summed E-state index contributed by atoms with van der Waals surface area (Å²) in [5, 5.41) is 0. The standard InChI is InChI=1S/C27H32N4/c1-7-27(6)18(2)25-30(19-13-9-8-10-14-19)24-23(28-17-22(29-24)26(3,4)5)31(25)21-16-12-11-15-20(21)27/h8-18,25H,7H2,1-6H3. The first-order chi connectivity index (χ1) is 14.8. The Morgan fingerprint density at radius 3 is 2.29 bits per heavy atom. The molecule has 3 aromatic rings. The van der Waals surface area contributed by atoms with Gasteiger partial charge in [-0.1, -0.05) is 77.9 Å². The minimum Gasteiger partial charge on any atom is -0.302 e. The summed E-state index contributed by atoms with van der Waals surface area (Å²) in [6.45, 7) is 13.7. The molecule has 2 aliphatic heterocycles. The highest BCUT2D eigenvalue weighted by molar-refractivity contribution is 5.86. The molecular weight excluding hydrogens is 380 g/mol. The summed E-state index contributed by atoms with van der Waals surface area (Å²) in [6, 6.07) is 19.5. The first-order valence-corrected chi connectivity index (χ1v) is 11.4. The third-order valence-electron chi connectivity index (χ3n) is 7.49. The van der Waals surface area contributed by atoms with E-state index in [1.54, 1.807) is 0 Å². The fourth-order valence-electron chi connectivity index (χ4n) is 5.25. The van der Waals surface area contributed by atoms with E-state index >= 15 is 0 Å². The van der Waals surface area contributed by atoms with Crippen molar-refractivity contribution >= 4 is 23.0 Å². The molecule has 0 amide bonds. The second-order valence-electron chi connectivity index (χ2n) is 10.2. The number of anilines is 4. The van der Waals surface area contributed by atoms with Crippen molar-refractivity contribution in [1.82, 2.24) is 9.97 Å². The predicted molar refractivity (Wildman–Crippen MR) is 128 cm³/mol. The summed E-state index contributed by atoms with van der Waals surface area (Å²) in [5.41, 5.74) is 4.86. The quantitative estimate of drug-likeness (QED) is 0.468. The van der Waals surface area contributed by atoms with Gasteiger partial charge in [-0.15, -0.1) is 0 Å². The van der Waals surface area contributed by atoms with Crippen LogP contribution in [0.5, 0.6) is 0 Å². The molecule has 5 rings (SSSR count). The Hall–Kier alpha value is -2.88. The van der Waals surface area contributed by atoms with Crippen LogP contribution in [0, 0.1) is 5.92 Å². The van der Waals surface area contributed by atoms with Crippen LogP contribution in [0.25, 0.3) is 0 Å². The van der Waals surface area contributed by atoms with Gasteiger partial charge in [0.15, 0.2) is 11.6 Å². The highest BCUT2D eigenvalue weighted by atomic mass is 15.5. The molecule has 3 heterocycles. The molecule has 0 radical (unpaired) electrons. The van der Waals surface area contributed by atoms with Crippen LogP contribution in [0.4, 0.5) is 23.0 Å². The predicted octanol–water partition coefficient (Wildman–Crippen LogP) is 6.71. The van der Waals surface area contributed by atoms with E-state index in [0.717, 1.165) is 23.8 Å². The molecule has 3 unspecified atom stereocenters. The monoisotopic (exact) mass is 412 g/mol. The topological polar surface area (TPSA) is 32.3 Å². The van der Waals surface area contributed by atoms with Gasteiger partial charge in [0.25, 0.3) is 0 Å². The lowest BCUT2D eigenvalue weighted by atomic mass is 9.66. The van der Waals surface area contributed by atoms with E-state index in [1.165, 1.54) is 16.9 Å². The van der Waals surface area contributed by atoms with Crippen molar-refractivity contribution in [1.29, 1.82) is 0 Å². The molecule has 2 aromatic carbocycles. The average molecular weight is 413 g/mol. The van der Waals surface area contributed by atoms with Crippen LogP contribution in [0.15, 0.2) is 60.8 Å². The number of hydrogen-bond acceptors (Lipinski definition) is 4. The third-order valence-corrected chi connectivity index (χ3v) is 7.49. The van der Waals surface area contributed by atoms with Crippen molar-refractivity contribution in [3.8, 4) is 0 Å². The van der Waals surface area contributed by atoms with Gasteiger partial charge in [0, 0.05) is 28.1 Å². The van der Waals surface area contributed by atoms with Gasteiger partial charge in [-0.05, 0) is 30.2 Å². The van der Waals surface area contributed by atoms with E-state index in [2.05, 4.69) is 106 Å². The highest BCUT2D eigenvalue weighted by Gasteiger charge is 2.53. The molecule has 1 aromatic heterocycles. The zero-order valence-electron chi connectivity index (χ0n) is 19.4. The SMILES string of the molecule is CCC1(C)c2ccccc2N2c3ncc(C(C)(C)C)nc3N(c3ccccc3)C2C1C. The van der Waals surface area contributed by atoms with Gasteiger partial charge in [0.1, 0.15) is 6.17 Å². The van der Waals surface area contributed by atoms with Crippen LogP contribution in [0.1, 0.15) is 59.2 Å². The Balaban J connectivity index is 1.80. The first-order valence-electron chi connectivity index (χ1n) is 11.4. The lowest BCUT2D eigenvalue weighted by Gasteiger charge is -2.50. The van der Waals surface area contributed by atoms with Crippen molar-refractivity contribution in [2.75, 3.05) is 9.80 Å². The van der Waals surface area contributed by atoms with Gasteiger partial charge < -0.3 is 9.80 Å². The summed E-state index contributed by atoms with van der Waals surface area (Å²) >= 11 is 0. The van der Waals surface area contributed by atoms with Gasteiger partial charge >= 0.3 is 0 Å². The van der Waals surface area contributed by atoms with E-state index < -0.39 is 0 Å². The number of benzene rings is 2. The molecule has 0 spiro atoms. The number of rotatable bonds is 2. The molecule has 0 saturated heterocycles. The number of para-hydroxylation sites is 2. The van der Waals surface area contributed by atoms with E-state index in [-0.39, 0.29) is 17.0 Å². The molecular formula is C27H32N4.